The Hall–Kier alpha value is -2.71. The van der Waals surface area contributed by atoms with E-state index in [0.29, 0.717) is 5.75 Å². The van der Waals surface area contributed by atoms with Crippen molar-refractivity contribution in [3.05, 3.63) is 42.1 Å². The number of urea groups is 1. The largest absolute Gasteiger partial charge is 0.497 e. The van der Waals surface area contributed by atoms with Gasteiger partial charge >= 0.3 is 12.2 Å². The molecule has 0 aliphatic carbocycles. The summed E-state index contributed by atoms with van der Waals surface area (Å²) in [6.07, 6.45) is -3.09. The van der Waals surface area contributed by atoms with Crippen molar-refractivity contribution >= 4 is 11.8 Å². The molecule has 2 N–H and O–H groups in total. The van der Waals surface area contributed by atoms with Crippen LogP contribution in [-0.4, -0.2) is 29.1 Å². The highest BCUT2D eigenvalue weighted by Crippen LogP contribution is 2.33. The highest BCUT2D eigenvalue weighted by molar-refractivity contribution is 5.88. The van der Waals surface area contributed by atoms with Gasteiger partial charge in [-0.1, -0.05) is 12.1 Å². The first-order valence-corrected chi connectivity index (χ1v) is 6.57. The van der Waals surface area contributed by atoms with Gasteiger partial charge in [-0.3, -0.25) is 10.00 Å². The van der Waals surface area contributed by atoms with Crippen LogP contribution >= 0.6 is 0 Å². The third-order valence-corrected chi connectivity index (χ3v) is 3.01. The Bertz CT molecular complexity index is 667. The van der Waals surface area contributed by atoms with Gasteiger partial charge < -0.3 is 10.1 Å². The fraction of sp³-hybridized carbons (Fsp3) is 0.286. The van der Waals surface area contributed by atoms with E-state index in [0.717, 1.165) is 0 Å². The maximum absolute atomic E-state index is 13.2. The van der Waals surface area contributed by atoms with Gasteiger partial charge in [-0.25, -0.2) is 4.79 Å². The number of benzene rings is 1. The number of rotatable bonds is 4. The SMILES string of the molecule is COc1ccc([C@H](NC(=O)Nc2ccn(C)n2)C(F)(F)F)cc1. The van der Waals surface area contributed by atoms with E-state index in [2.05, 4.69) is 10.4 Å². The van der Waals surface area contributed by atoms with Crippen LogP contribution in [0.4, 0.5) is 23.8 Å². The van der Waals surface area contributed by atoms with Crippen LogP contribution in [0.3, 0.4) is 0 Å². The molecule has 2 rings (SSSR count). The number of aryl methyl sites for hydroxylation is 1. The molecule has 0 unspecified atom stereocenters. The molecular formula is C14H15F3N4O2. The predicted octanol–water partition coefficient (Wildman–Crippen LogP) is 2.85. The molecule has 0 saturated carbocycles. The third-order valence-electron chi connectivity index (χ3n) is 3.01. The number of alkyl halides is 3. The number of nitrogens with one attached hydrogen (secondary N) is 2. The molecule has 0 bridgehead atoms. The number of hydrogen-bond donors (Lipinski definition) is 2. The van der Waals surface area contributed by atoms with Gasteiger partial charge in [0.15, 0.2) is 11.9 Å². The summed E-state index contributed by atoms with van der Waals surface area (Å²) in [7, 11) is 3.04. The number of methoxy groups -OCH3 is 1. The van der Waals surface area contributed by atoms with Crippen LogP contribution in [-0.2, 0) is 7.05 Å². The number of ether oxygens (including phenoxy) is 1. The molecule has 0 aliphatic heterocycles. The highest BCUT2D eigenvalue weighted by atomic mass is 19.4. The summed E-state index contributed by atoms with van der Waals surface area (Å²) < 4.78 is 45.9. The Balaban J connectivity index is 2.13. The first-order chi connectivity index (χ1) is 10.8. The van der Waals surface area contributed by atoms with Crippen LogP contribution in [0.1, 0.15) is 11.6 Å². The van der Waals surface area contributed by atoms with Crippen LogP contribution in [0.25, 0.3) is 0 Å². The van der Waals surface area contributed by atoms with Crippen LogP contribution in [0.15, 0.2) is 36.5 Å². The molecule has 1 atom stereocenters. The molecule has 6 nitrogen and oxygen atoms in total. The summed E-state index contributed by atoms with van der Waals surface area (Å²) in [6.45, 7) is 0. The van der Waals surface area contributed by atoms with E-state index in [1.807, 2.05) is 5.32 Å². The van der Waals surface area contributed by atoms with Crippen molar-refractivity contribution in [3.8, 4) is 5.75 Å². The lowest BCUT2D eigenvalue weighted by Gasteiger charge is -2.22. The number of halogens is 3. The van der Waals surface area contributed by atoms with Gasteiger partial charge in [0, 0.05) is 19.3 Å². The lowest BCUT2D eigenvalue weighted by molar-refractivity contribution is -0.154. The third kappa shape index (κ3) is 4.38. The van der Waals surface area contributed by atoms with Gasteiger partial charge in [-0.05, 0) is 17.7 Å². The molecule has 1 heterocycles. The number of anilines is 1. The number of nitrogens with zero attached hydrogens (tertiary/aromatic N) is 2. The predicted molar refractivity (Wildman–Crippen MR) is 77.2 cm³/mol. The summed E-state index contributed by atoms with van der Waals surface area (Å²) in [6, 6.07) is 3.61. The van der Waals surface area contributed by atoms with Crippen molar-refractivity contribution in [1.29, 1.82) is 0 Å². The van der Waals surface area contributed by atoms with Crippen molar-refractivity contribution in [2.45, 2.75) is 12.2 Å². The fourth-order valence-electron chi connectivity index (χ4n) is 1.92. The van der Waals surface area contributed by atoms with E-state index in [4.69, 9.17) is 4.74 Å². The lowest BCUT2D eigenvalue weighted by atomic mass is 10.1. The molecule has 9 heteroatoms. The number of hydrogen-bond acceptors (Lipinski definition) is 3. The van der Waals surface area contributed by atoms with Gasteiger partial charge in [-0.15, -0.1) is 0 Å². The minimum atomic E-state index is -4.64. The van der Waals surface area contributed by atoms with Gasteiger partial charge in [0.05, 0.1) is 7.11 Å². The Morgan fingerprint density at radius 2 is 1.91 bits per heavy atom. The fourth-order valence-corrected chi connectivity index (χ4v) is 1.92. The van der Waals surface area contributed by atoms with E-state index >= 15 is 0 Å². The number of aromatic nitrogens is 2. The van der Waals surface area contributed by atoms with Crippen molar-refractivity contribution in [2.24, 2.45) is 7.05 Å². The standard InChI is InChI=1S/C14H15F3N4O2/c1-21-8-7-11(20-21)18-13(22)19-12(14(15,16)17)9-3-5-10(23-2)6-4-9/h3-8,12H,1-2H3,(H2,18,19,20,22)/t12-/m0/s1. The number of carbonyl (C=O) groups excluding carboxylic acids is 1. The zero-order valence-electron chi connectivity index (χ0n) is 12.4. The first-order valence-electron chi connectivity index (χ1n) is 6.57. The van der Waals surface area contributed by atoms with Crippen molar-refractivity contribution in [2.75, 3.05) is 12.4 Å². The molecule has 124 valence electrons. The summed E-state index contributed by atoms with van der Waals surface area (Å²) >= 11 is 0. The average Bonchev–Trinajstić information content (AvgIpc) is 2.89. The minimum absolute atomic E-state index is 0.102. The van der Waals surface area contributed by atoms with E-state index in [1.165, 1.54) is 42.1 Å². The van der Waals surface area contributed by atoms with Crippen LogP contribution in [0.2, 0.25) is 0 Å². The van der Waals surface area contributed by atoms with Crippen LogP contribution in [0.5, 0.6) is 5.75 Å². The molecular weight excluding hydrogens is 313 g/mol. The molecule has 0 fully saturated rings. The Morgan fingerprint density at radius 1 is 1.26 bits per heavy atom. The maximum Gasteiger partial charge on any atom is 0.412 e. The number of amides is 2. The zero-order chi connectivity index (χ0) is 17.0. The van der Waals surface area contributed by atoms with Crippen molar-refractivity contribution in [3.63, 3.8) is 0 Å². The normalized spacial score (nSPS) is 12.6. The molecule has 0 aliphatic rings. The van der Waals surface area contributed by atoms with Gasteiger partial charge in [0.1, 0.15) is 5.75 Å². The van der Waals surface area contributed by atoms with Crippen molar-refractivity contribution < 1.29 is 22.7 Å². The molecule has 1 aromatic carbocycles. The molecule has 2 aromatic rings. The van der Waals surface area contributed by atoms with E-state index in [-0.39, 0.29) is 11.4 Å². The maximum atomic E-state index is 13.2. The monoisotopic (exact) mass is 328 g/mol. The number of carbonyl (C=O) groups is 1. The van der Waals surface area contributed by atoms with Crippen molar-refractivity contribution in [1.82, 2.24) is 15.1 Å². The van der Waals surface area contributed by atoms with Gasteiger partial charge in [0.2, 0.25) is 0 Å². The van der Waals surface area contributed by atoms with Crippen LogP contribution < -0.4 is 15.4 Å². The molecule has 2 amide bonds. The van der Waals surface area contributed by atoms with Crippen LogP contribution in [0, 0.1) is 0 Å². The second-order valence-corrected chi connectivity index (χ2v) is 4.72. The topological polar surface area (TPSA) is 68.2 Å². The molecule has 0 radical (unpaired) electrons. The molecule has 1 aromatic heterocycles. The summed E-state index contributed by atoms with van der Waals surface area (Å²) in [5.74, 6) is 0.577. The van der Waals surface area contributed by atoms with E-state index < -0.39 is 18.2 Å². The molecule has 0 saturated heterocycles. The van der Waals surface area contributed by atoms with E-state index in [1.54, 1.807) is 13.2 Å². The Labute approximate surface area is 130 Å². The molecule has 0 spiro atoms. The summed E-state index contributed by atoms with van der Waals surface area (Å²) in [5.41, 5.74) is -0.102. The zero-order valence-corrected chi connectivity index (χ0v) is 12.4. The van der Waals surface area contributed by atoms with Gasteiger partial charge in [0.25, 0.3) is 0 Å². The average molecular weight is 328 g/mol. The summed E-state index contributed by atoms with van der Waals surface area (Å²) in [4.78, 5) is 11.8. The molecule has 23 heavy (non-hydrogen) atoms. The summed E-state index contributed by atoms with van der Waals surface area (Å²) in [5, 5.41) is 8.02. The first kappa shape index (κ1) is 16.7. The second-order valence-electron chi connectivity index (χ2n) is 4.72. The highest BCUT2D eigenvalue weighted by Gasteiger charge is 2.42. The lowest BCUT2D eigenvalue weighted by Crippen LogP contribution is -2.40. The minimum Gasteiger partial charge on any atom is -0.497 e. The Kier molecular flexibility index (Phi) is 4.77. The quantitative estimate of drug-likeness (QED) is 0.907. The van der Waals surface area contributed by atoms with E-state index in [9.17, 15) is 18.0 Å². The van der Waals surface area contributed by atoms with Gasteiger partial charge in [-0.2, -0.15) is 18.3 Å². The Morgan fingerprint density at radius 3 is 2.39 bits per heavy atom. The second kappa shape index (κ2) is 6.59. The smallest absolute Gasteiger partial charge is 0.412 e.